The van der Waals surface area contributed by atoms with E-state index in [4.69, 9.17) is 0 Å². The number of hydrogen-bond donors (Lipinski definition) is 0. The van der Waals surface area contributed by atoms with E-state index >= 15 is 0 Å². The molecule has 0 aliphatic heterocycles. The third-order valence-corrected chi connectivity index (χ3v) is 11.6. The molecule has 3 heteroatoms. The van der Waals surface area contributed by atoms with Crippen LogP contribution in [0.15, 0.2) is 206 Å². The Kier molecular flexibility index (Phi) is 9.22. The fourth-order valence-corrected chi connectivity index (χ4v) is 8.61. The second kappa shape index (κ2) is 15.3. The molecule has 0 unspecified atom stereocenters. The topological polar surface area (TPSA) is 32.0 Å². The van der Waals surface area contributed by atoms with Gasteiger partial charge in [0.2, 0.25) is 0 Å². The number of nitrogens with zero attached hydrogens (tertiary/aromatic N) is 3. The van der Waals surface area contributed by atoms with Gasteiger partial charge >= 0.3 is 0 Å². The minimum Gasteiger partial charge on any atom is -0.314 e. The van der Waals surface area contributed by atoms with Gasteiger partial charge in [0.05, 0.1) is 22.7 Å². The molecule has 58 heavy (non-hydrogen) atoms. The van der Waals surface area contributed by atoms with Gasteiger partial charge in [-0.05, 0) is 143 Å². The average Bonchev–Trinajstić information content (AvgIpc) is 3.65. The van der Waals surface area contributed by atoms with Crippen molar-refractivity contribution in [2.45, 2.75) is 25.7 Å². The predicted molar refractivity (Wildman–Crippen MR) is 243 cm³/mol. The molecule has 10 rings (SSSR count). The van der Waals surface area contributed by atoms with Gasteiger partial charge in [0, 0.05) is 33.5 Å². The standard InChI is InChI=1S/C55H41N3/c56-38-39-17-19-44(20-18-39)46-11-8-12-47(37-46)45-27-33-50(34-28-45)57(48-29-21-41(22-30-48)40-9-2-1-3-10-40)49-31-23-42(24-32-49)43-25-35-51(36-26-43)58-54-15-6-4-13-52(54)53-14-5-7-16-55(53)58/h2,4-23,25-31,33-37H,1,3,24,32H2. The zero-order valence-corrected chi connectivity index (χ0v) is 32.2. The fourth-order valence-electron chi connectivity index (χ4n) is 8.61. The van der Waals surface area contributed by atoms with Crippen LogP contribution in [0.4, 0.5) is 11.4 Å². The van der Waals surface area contributed by atoms with Gasteiger partial charge in [0.15, 0.2) is 0 Å². The molecule has 0 spiro atoms. The van der Waals surface area contributed by atoms with E-state index in [1.807, 2.05) is 24.3 Å². The van der Waals surface area contributed by atoms with Crippen molar-refractivity contribution in [3.8, 4) is 34.0 Å². The molecule has 0 amide bonds. The normalized spacial score (nSPS) is 13.8. The number of allylic oxidation sites excluding steroid dienone is 8. The van der Waals surface area contributed by atoms with Crippen molar-refractivity contribution < 1.29 is 0 Å². The van der Waals surface area contributed by atoms with Crippen molar-refractivity contribution in [1.82, 2.24) is 4.57 Å². The van der Waals surface area contributed by atoms with Gasteiger partial charge in [-0.25, -0.2) is 0 Å². The number of nitriles is 1. The summed E-state index contributed by atoms with van der Waals surface area (Å²) < 4.78 is 2.38. The van der Waals surface area contributed by atoms with Crippen LogP contribution in [0.5, 0.6) is 0 Å². The zero-order valence-electron chi connectivity index (χ0n) is 32.2. The van der Waals surface area contributed by atoms with Crippen molar-refractivity contribution in [2.75, 3.05) is 4.90 Å². The molecule has 7 aromatic carbocycles. The lowest BCUT2D eigenvalue weighted by Gasteiger charge is -2.30. The van der Waals surface area contributed by atoms with Crippen LogP contribution in [0.3, 0.4) is 0 Å². The molecule has 0 bridgehead atoms. The summed E-state index contributed by atoms with van der Waals surface area (Å²) in [6.07, 6.45) is 15.6. The molecule has 2 aliphatic rings. The molecule has 276 valence electrons. The van der Waals surface area contributed by atoms with E-state index in [0.717, 1.165) is 59.3 Å². The van der Waals surface area contributed by atoms with Gasteiger partial charge < -0.3 is 9.47 Å². The quantitative estimate of drug-likeness (QED) is 0.155. The van der Waals surface area contributed by atoms with Crippen molar-refractivity contribution in [3.63, 3.8) is 0 Å². The van der Waals surface area contributed by atoms with Crippen LogP contribution in [0.1, 0.15) is 42.4 Å². The van der Waals surface area contributed by atoms with Crippen LogP contribution in [-0.4, -0.2) is 4.57 Å². The van der Waals surface area contributed by atoms with Crippen LogP contribution < -0.4 is 4.90 Å². The van der Waals surface area contributed by atoms with Crippen LogP contribution >= 0.6 is 0 Å². The summed E-state index contributed by atoms with van der Waals surface area (Å²) >= 11 is 0. The third kappa shape index (κ3) is 6.66. The molecule has 0 atom stereocenters. The fraction of sp³-hybridized carbons (Fsp3) is 0.0727. The van der Waals surface area contributed by atoms with Crippen molar-refractivity contribution >= 4 is 44.3 Å². The Morgan fingerprint density at radius 3 is 1.66 bits per heavy atom. The average molecular weight is 744 g/mol. The second-order valence-electron chi connectivity index (χ2n) is 15.1. The maximum Gasteiger partial charge on any atom is 0.0991 e. The Morgan fingerprint density at radius 1 is 0.500 bits per heavy atom. The Balaban J connectivity index is 0.964. The van der Waals surface area contributed by atoms with Crippen LogP contribution in [0.2, 0.25) is 0 Å². The molecular formula is C55H41N3. The minimum absolute atomic E-state index is 0.669. The predicted octanol–water partition coefficient (Wildman–Crippen LogP) is 14.6. The van der Waals surface area contributed by atoms with Crippen LogP contribution in [0, 0.1) is 11.3 Å². The van der Waals surface area contributed by atoms with Gasteiger partial charge in [0.25, 0.3) is 0 Å². The molecule has 0 saturated carbocycles. The molecule has 0 N–H and O–H groups in total. The molecule has 3 nitrogen and oxygen atoms in total. The summed E-state index contributed by atoms with van der Waals surface area (Å²) in [4.78, 5) is 2.42. The first-order chi connectivity index (χ1) is 28.7. The highest BCUT2D eigenvalue weighted by Gasteiger charge is 2.19. The number of aromatic nitrogens is 1. The van der Waals surface area contributed by atoms with Crippen LogP contribution in [-0.2, 0) is 0 Å². The van der Waals surface area contributed by atoms with Crippen molar-refractivity contribution in [3.05, 3.63) is 223 Å². The highest BCUT2D eigenvalue weighted by atomic mass is 15.1. The molecule has 1 aromatic heterocycles. The summed E-state index contributed by atoms with van der Waals surface area (Å²) in [6, 6.07) is 63.1. The Morgan fingerprint density at radius 2 is 1.09 bits per heavy atom. The van der Waals surface area contributed by atoms with Crippen LogP contribution in [0.25, 0.3) is 60.9 Å². The van der Waals surface area contributed by atoms with Gasteiger partial charge in [-0.15, -0.1) is 0 Å². The highest BCUT2D eigenvalue weighted by molar-refractivity contribution is 6.09. The molecule has 0 saturated heterocycles. The minimum atomic E-state index is 0.669. The van der Waals surface area contributed by atoms with Gasteiger partial charge in [-0.1, -0.05) is 127 Å². The van der Waals surface area contributed by atoms with E-state index in [0.29, 0.717) is 5.56 Å². The molecule has 8 aromatic rings. The maximum absolute atomic E-state index is 9.25. The Bertz CT molecular complexity index is 2910. The summed E-state index contributed by atoms with van der Waals surface area (Å²) in [6.45, 7) is 0. The zero-order chi connectivity index (χ0) is 38.8. The van der Waals surface area contributed by atoms with E-state index in [9.17, 15) is 5.26 Å². The molecule has 2 aliphatic carbocycles. The lowest BCUT2D eigenvalue weighted by Crippen LogP contribution is -2.18. The second-order valence-corrected chi connectivity index (χ2v) is 15.1. The summed E-state index contributed by atoms with van der Waals surface area (Å²) in [5, 5.41) is 11.8. The monoisotopic (exact) mass is 743 g/mol. The summed E-state index contributed by atoms with van der Waals surface area (Å²) in [5.41, 5.74) is 17.6. The summed E-state index contributed by atoms with van der Waals surface area (Å²) in [5.74, 6) is 0. The lowest BCUT2D eigenvalue weighted by atomic mass is 9.94. The van der Waals surface area contributed by atoms with Crippen molar-refractivity contribution in [2.24, 2.45) is 0 Å². The van der Waals surface area contributed by atoms with E-state index in [-0.39, 0.29) is 0 Å². The molecule has 0 radical (unpaired) electrons. The number of hydrogen-bond acceptors (Lipinski definition) is 2. The van der Waals surface area contributed by atoms with E-state index in [2.05, 4.69) is 192 Å². The SMILES string of the molecule is N#Cc1ccc(-c2cccc(-c3ccc(N(C4=CC=C(c5ccc(-n6c7ccccc7c7ccccc76)cc5)CC4)c4ccc(C5=CCCC=C5)cc4)cc3)c2)cc1. The largest absolute Gasteiger partial charge is 0.314 e. The molecule has 1 heterocycles. The van der Waals surface area contributed by atoms with E-state index < -0.39 is 0 Å². The Hall–Kier alpha value is -7.41. The molecular weight excluding hydrogens is 703 g/mol. The third-order valence-electron chi connectivity index (χ3n) is 11.6. The van der Waals surface area contributed by atoms with E-state index in [1.54, 1.807) is 0 Å². The van der Waals surface area contributed by atoms with Gasteiger partial charge in [0.1, 0.15) is 0 Å². The van der Waals surface area contributed by atoms with Gasteiger partial charge in [-0.2, -0.15) is 5.26 Å². The van der Waals surface area contributed by atoms with Crippen molar-refractivity contribution in [1.29, 1.82) is 5.26 Å². The van der Waals surface area contributed by atoms with Gasteiger partial charge in [-0.3, -0.25) is 0 Å². The first-order valence-electron chi connectivity index (χ1n) is 20.2. The number of fused-ring (bicyclic) bond motifs is 3. The first kappa shape index (κ1) is 35.0. The number of rotatable bonds is 8. The number of anilines is 2. The number of para-hydroxylation sites is 2. The number of benzene rings is 7. The lowest BCUT2D eigenvalue weighted by molar-refractivity contribution is 0.930. The highest BCUT2D eigenvalue weighted by Crippen LogP contribution is 2.39. The first-order valence-corrected chi connectivity index (χ1v) is 20.2. The van der Waals surface area contributed by atoms with E-state index in [1.165, 1.54) is 55.5 Å². The maximum atomic E-state index is 9.25. The smallest absolute Gasteiger partial charge is 0.0991 e. The molecule has 0 fully saturated rings. The Labute approximate surface area is 340 Å². The summed E-state index contributed by atoms with van der Waals surface area (Å²) in [7, 11) is 0.